The lowest BCUT2D eigenvalue weighted by Gasteiger charge is -2.16. The van der Waals surface area contributed by atoms with Crippen LogP contribution in [0.2, 0.25) is 0 Å². The Morgan fingerprint density at radius 2 is 1.62 bits per heavy atom. The number of nitrogens with one attached hydrogen (secondary N) is 2. The Kier molecular flexibility index (Phi) is 8.61. The van der Waals surface area contributed by atoms with E-state index in [1.165, 1.54) is 36.4 Å². The third kappa shape index (κ3) is 5.87. The molecule has 1 aliphatic rings. The van der Waals surface area contributed by atoms with Crippen molar-refractivity contribution in [2.75, 3.05) is 28.7 Å². The molecule has 0 bridgehead atoms. The van der Waals surface area contributed by atoms with E-state index in [0.717, 1.165) is 16.2 Å². The first-order valence-corrected chi connectivity index (χ1v) is 13.2. The number of hydrogen-bond acceptors (Lipinski definition) is 10. The third-order valence-electron chi connectivity index (χ3n) is 5.51. The number of carbonyl (C=O) groups excluding carboxylic acids is 5. The first kappa shape index (κ1) is 28.5. The first-order valence-electron chi connectivity index (χ1n) is 12.0. The van der Waals surface area contributed by atoms with Crippen molar-refractivity contribution < 1.29 is 33.4 Å². The van der Waals surface area contributed by atoms with Crippen LogP contribution < -0.4 is 15.5 Å². The number of hydrogen-bond donors (Lipinski definition) is 2. The van der Waals surface area contributed by atoms with Gasteiger partial charge in [0, 0.05) is 11.3 Å². The molecular weight excluding hydrogens is 560 g/mol. The first-order chi connectivity index (χ1) is 19.1. The fourth-order valence-corrected chi connectivity index (χ4v) is 4.79. The van der Waals surface area contributed by atoms with Gasteiger partial charge in [0.15, 0.2) is 5.13 Å². The van der Waals surface area contributed by atoms with Crippen LogP contribution in [0.3, 0.4) is 0 Å². The van der Waals surface area contributed by atoms with Gasteiger partial charge in [0.2, 0.25) is 0 Å². The van der Waals surface area contributed by atoms with Crippen LogP contribution in [0.1, 0.15) is 49.9 Å². The van der Waals surface area contributed by atoms with Crippen molar-refractivity contribution >= 4 is 69.1 Å². The fourth-order valence-electron chi connectivity index (χ4n) is 3.72. The van der Waals surface area contributed by atoms with Gasteiger partial charge in [-0.3, -0.25) is 19.7 Å². The van der Waals surface area contributed by atoms with Crippen LogP contribution in [-0.4, -0.2) is 47.9 Å². The van der Waals surface area contributed by atoms with Gasteiger partial charge in [-0.15, -0.1) is 0 Å². The van der Waals surface area contributed by atoms with Crippen molar-refractivity contribution in [3.63, 3.8) is 0 Å². The molecule has 206 valence electrons. The third-order valence-corrected chi connectivity index (χ3v) is 6.92. The molecule has 13 heteroatoms. The van der Waals surface area contributed by atoms with Crippen LogP contribution in [0.15, 0.2) is 59.3 Å². The number of imide groups is 1. The lowest BCUT2D eigenvalue weighted by Crippen LogP contribution is -2.32. The number of amides is 3. The number of benzene rings is 2. The summed E-state index contributed by atoms with van der Waals surface area (Å²) in [6.45, 7) is 5.37. The van der Waals surface area contributed by atoms with Crippen LogP contribution in [0.25, 0.3) is 0 Å². The van der Waals surface area contributed by atoms with Gasteiger partial charge in [-0.25, -0.2) is 19.5 Å². The summed E-state index contributed by atoms with van der Waals surface area (Å²) in [5, 5.41) is 5.32. The number of thiazole rings is 1. The number of aryl methyl sites for hydroxylation is 1. The predicted octanol–water partition coefficient (Wildman–Crippen LogP) is 4.49. The van der Waals surface area contributed by atoms with Gasteiger partial charge < -0.3 is 14.8 Å². The summed E-state index contributed by atoms with van der Waals surface area (Å²) in [7, 11) is 0. The van der Waals surface area contributed by atoms with E-state index in [1.807, 2.05) is 0 Å². The number of esters is 2. The summed E-state index contributed by atoms with van der Waals surface area (Å²) in [5.74, 6) is -3.15. The van der Waals surface area contributed by atoms with E-state index in [0.29, 0.717) is 11.4 Å². The zero-order chi connectivity index (χ0) is 29.0. The minimum absolute atomic E-state index is 0.143. The van der Waals surface area contributed by atoms with Gasteiger partial charge in [0.1, 0.15) is 15.6 Å². The molecule has 0 saturated carbocycles. The standard InChI is InChI=1S/C27H23ClN4O7S/c1-4-38-25(36)16-9-7-11-18(13-16)32-23(34)19(28)20(24(32)35)30-17-10-6-8-15(12-17)22(33)31-27-29-14(3)21(40-27)26(37)39-5-2/h6-13,30H,4-5H2,1-3H3,(H,29,31,33). The van der Waals surface area contributed by atoms with E-state index in [2.05, 4.69) is 15.6 Å². The average molecular weight is 583 g/mol. The van der Waals surface area contributed by atoms with Crippen molar-refractivity contribution in [3.05, 3.63) is 81.0 Å². The van der Waals surface area contributed by atoms with Gasteiger partial charge in [0.25, 0.3) is 17.7 Å². The largest absolute Gasteiger partial charge is 0.462 e. The van der Waals surface area contributed by atoms with E-state index in [1.54, 1.807) is 32.9 Å². The Morgan fingerprint density at radius 1 is 0.950 bits per heavy atom. The Morgan fingerprint density at radius 3 is 2.35 bits per heavy atom. The van der Waals surface area contributed by atoms with Crippen molar-refractivity contribution in [2.24, 2.45) is 0 Å². The van der Waals surface area contributed by atoms with Crippen molar-refractivity contribution in [1.29, 1.82) is 0 Å². The van der Waals surface area contributed by atoms with Gasteiger partial charge in [0.05, 0.1) is 30.2 Å². The monoisotopic (exact) mass is 582 g/mol. The molecule has 1 aliphatic heterocycles. The lowest BCUT2D eigenvalue weighted by atomic mass is 10.2. The molecule has 0 aliphatic carbocycles. The molecule has 2 N–H and O–H groups in total. The molecule has 2 aromatic carbocycles. The molecule has 0 atom stereocenters. The number of halogens is 1. The highest BCUT2D eigenvalue weighted by Gasteiger charge is 2.39. The quantitative estimate of drug-likeness (QED) is 0.275. The van der Waals surface area contributed by atoms with E-state index in [4.69, 9.17) is 21.1 Å². The Bertz CT molecular complexity index is 1570. The van der Waals surface area contributed by atoms with Crippen LogP contribution in [0.4, 0.5) is 16.5 Å². The SMILES string of the molecule is CCOC(=O)c1cccc(N2C(=O)C(Cl)=C(Nc3cccc(C(=O)Nc4nc(C)c(C(=O)OCC)s4)c3)C2=O)c1. The Hall–Kier alpha value is -4.55. The maximum atomic E-state index is 13.2. The van der Waals surface area contributed by atoms with Gasteiger partial charge in [-0.2, -0.15) is 0 Å². The topological polar surface area (TPSA) is 144 Å². The smallest absolute Gasteiger partial charge is 0.350 e. The number of rotatable bonds is 9. The maximum Gasteiger partial charge on any atom is 0.350 e. The van der Waals surface area contributed by atoms with Crippen LogP contribution in [-0.2, 0) is 19.1 Å². The summed E-state index contributed by atoms with van der Waals surface area (Å²) < 4.78 is 9.98. The molecule has 11 nitrogen and oxygen atoms in total. The highest BCUT2D eigenvalue weighted by molar-refractivity contribution is 7.17. The van der Waals surface area contributed by atoms with Crippen LogP contribution >= 0.6 is 22.9 Å². The minimum Gasteiger partial charge on any atom is -0.462 e. The molecular formula is C27H23ClN4O7S. The van der Waals surface area contributed by atoms with E-state index >= 15 is 0 Å². The lowest BCUT2D eigenvalue weighted by molar-refractivity contribution is -0.120. The molecule has 0 unspecified atom stereocenters. The second kappa shape index (κ2) is 12.1. The molecule has 1 aromatic heterocycles. The zero-order valence-electron chi connectivity index (χ0n) is 21.6. The van der Waals surface area contributed by atoms with E-state index in [9.17, 15) is 24.0 Å². The summed E-state index contributed by atoms with van der Waals surface area (Å²) >= 11 is 7.22. The Balaban J connectivity index is 1.50. The number of carbonyl (C=O) groups is 5. The Labute approximate surface area is 237 Å². The number of anilines is 3. The van der Waals surface area contributed by atoms with E-state index in [-0.39, 0.29) is 50.8 Å². The fraction of sp³-hybridized carbons (Fsp3) is 0.185. The van der Waals surface area contributed by atoms with Crippen molar-refractivity contribution in [3.8, 4) is 0 Å². The zero-order valence-corrected chi connectivity index (χ0v) is 23.1. The molecule has 2 heterocycles. The molecule has 0 spiro atoms. The summed E-state index contributed by atoms with van der Waals surface area (Å²) in [6.07, 6.45) is 0. The van der Waals surface area contributed by atoms with Gasteiger partial charge >= 0.3 is 11.9 Å². The molecule has 40 heavy (non-hydrogen) atoms. The van der Waals surface area contributed by atoms with Crippen LogP contribution in [0.5, 0.6) is 0 Å². The normalized spacial score (nSPS) is 12.9. The average Bonchev–Trinajstić information content (AvgIpc) is 3.40. The second-order valence-corrected chi connectivity index (χ2v) is 9.60. The van der Waals surface area contributed by atoms with Crippen molar-refractivity contribution in [2.45, 2.75) is 20.8 Å². The highest BCUT2D eigenvalue weighted by atomic mass is 35.5. The summed E-state index contributed by atoms with van der Waals surface area (Å²) in [5.41, 5.74) is 1.07. The van der Waals surface area contributed by atoms with Gasteiger partial charge in [-0.05, 0) is 57.2 Å². The van der Waals surface area contributed by atoms with Gasteiger partial charge in [-0.1, -0.05) is 35.1 Å². The molecule has 0 radical (unpaired) electrons. The molecule has 3 amide bonds. The van der Waals surface area contributed by atoms with E-state index < -0.39 is 29.7 Å². The number of nitrogens with zero attached hydrogens (tertiary/aromatic N) is 2. The molecule has 4 rings (SSSR count). The second-order valence-electron chi connectivity index (χ2n) is 8.22. The van der Waals surface area contributed by atoms with Crippen molar-refractivity contribution in [1.82, 2.24) is 4.98 Å². The molecule has 0 fully saturated rings. The summed E-state index contributed by atoms with van der Waals surface area (Å²) in [6, 6.07) is 12.0. The number of aromatic nitrogens is 1. The molecule has 0 saturated heterocycles. The minimum atomic E-state index is -0.777. The molecule has 3 aromatic rings. The number of ether oxygens (including phenoxy) is 2. The predicted molar refractivity (Wildman–Crippen MR) is 149 cm³/mol. The highest BCUT2D eigenvalue weighted by Crippen LogP contribution is 2.31. The maximum absolute atomic E-state index is 13.2. The summed E-state index contributed by atoms with van der Waals surface area (Å²) in [4.78, 5) is 68.4. The van der Waals surface area contributed by atoms with Crippen LogP contribution in [0, 0.1) is 6.92 Å².